The van der Waals surface area contributed by atoms with E-state index < -0.39 is 0 Å². The van der Waals surface area contributed by atoms with Crippen molar-refractivity contribution in [3.05, 3.63) is 58.3 Å². The third-order valence-electron chi connectivity index (χ3n) is 5.90. The first-order valence-electron chi connectivity index (χ1n) is 10.9. The van der Waals surface area contributed by atoms with Crippen molar-refractivity contribution in [2.45, 2.75) is 48.6 Å². The molecule has 0 unspecified atom stereocenters. The molecule has 7 nitrogen and oxygen atoms in total. The normalized spacial score (nSPS) is 17.8. The molecule has 0 atom stereocenters. The summed E-state index contributed by atoms with van der Waals surface area (Å²) in [6.45, 7) is 0. The number of thioether (sulfide) groups is 2. The van der Waals surface area contributed by atoms with Crippen LogP contribution in [-0.4, -0.2) is 32.7 Å². The summed E-state index contributed by atoms with van der Waals surface area (Å²) in [6, 6.07) is 14.7. The summed E-state index contributed by atoms with van der Waals surface area (Å²) in [5.41, 5.74) is 2.67. The maximum absolute atomic E-state index is 13.5. The number of rotatable bonds is 5. The van der Waals surface area contributed by atoms with E-state index in [2.05, 4.69) is 9.97 Å². The first kappa shape index (κ1) is 20.6. The zero-order chi connectivity index (χ0) is 22.4. The van der Waals surface area contributed by atoms with Gasteiger partial charge in [0.15, 0.2) is 11.2 Å². The topological polar surface area (TPSA) is 89.4 Å². The SMILES string of the molecule is O=C1C(Sc2nc3ccccc3o2)=C(Sc2nc3ccccc3o2)C(=O)N1C1CCCCC1. The lowest BCUT2D eigenvalue weighted by Crippen LogP contribution is -2.42. The Hall–Kier alpha value is -3.04. The molecule has 166 valence electrons. The predicted molar refractivity (Wildman–Crippen MR) is 125 cm³/mol. The molecule has 2 aliphatic rings. The van der Waals surface area contributed by atoms with Gasteiger partial charge >= 0.3 is 0 Å². The smallest absolute Gasteiger partial charge is 0.269 e. The quantitative estimate of drug-likeness (QED) is 0.335. The minimum atomic E-state index is -0.294. The van der Waals surface area contributed by atoms with Crippen LogP contribution in [0, 0.1) is 0 Å². The van der Waals surface area contributed by atoms with Gasteiger partial charge in [-0.2, -0.15) is 0 Å². The Bertz CT molecular complexity index is 1250. The molecule has 1 aliphatic heterocycles. The van der Waals surface area contributed by atoms with E-state index in [-0.39, 0.29) is 17.9 Å². The predicted octanol–water partition coefficient (Wildman–Crippen LogP) is 5.77. The van der Waals surface area contributed by atoms with Crippen LogP contribution in [0.1, 0.15) is 32.1 Å². The molecule has 3 heterocycles. The van der Waals surface area contributed by atoms with Crippen LogP contribution in [0.4, 0.5) is 0 Å². The average Bonchev–Trinajstić information content (AvgIpc) is 3.50. The molecule has 0 radical (unpaired) electrons. The van der Waals surface area contributed by atoms with Gasteiger partial charge in [0.2, 0.25) is 0 Å². The molecule has 6 rings (SSSR count). The highest BCUT2D eigenvalue weighted by Crippen LogP contribution is 2.44. The van der Waals surface area contributed by atoms with Gasteiger partial charge in [-0.15, -0.1) is 0 Å². The Balaban J connectivity index is 1.38. The Morgan fingerprint density at radius 1 is 0.727 bits per heavy atom. The van der Waals surface area contributed by atoms with Crippen LogP contribution in [0.15, 0.2) is 77.6 Å². The lowest BCUT2D eigenvalue weighted by molar-refractivity contribution is -0.140. The van der Waals surface area contributed by atoms with Gasteiger partial charge in [0.25, 0.3) is 22.3 Å². The number of hydrogen-bond acceptors (Lipinski definition) is 8. The number of para-hydroxylation sites is 4. The van der Waals surface area contributed by atoms with Crippen molar-refractivity contribution in [1.29, 1.82) is 0 Å². The van der Waals surface area contributed by atoms with Crippen molar-refractivity contribution in [1.82, 2.24) is 14.9 Å². The molecular formula is C24H19N3O4S2. The summed E-state index contributed by atoms with van der Waals surface area (Å²) in [6.07, 6.45) is 4.83. The van der Waals surface area contributed by atoms with Gasteiger partial charge in [-0.05, 0) is 60.6 Å². The maximum Gasteiger partial charge on any atom is 0.269 e. The maximum atomic E-state index is 13.5. The molecule has 0 bridgehead atoms. The second-order valence-electron chi connectivity index (χ2n) is 8.03. The van der Waals surface area contributed by atoms with Gasteiger partial charge in [0.1, 0.15) is 20.8 Å². The molecule has 1 aliphatic carbocycles. The number of oxazole rings is 2. The summed E-state index contributed by atoms with van der Waals surface area (Å²) in [5, 5.41) is 0.655. The van der Waals surface area contributed by atoms with Crippen LogP contribution >= 0.6 is 23.5 Å². The second kappa shape index (κ2) is 8.39. The number of nitrogens with zero attached hydrogens (tertiary/aromatic N) is 3. The zero-order valence-corrected chi connectivity index (χ0v) is 19.2. The van der Waals surface area contributed by atoms with Gasteiger partial charge in [-0.1, -0.05) is 43.5 Å². The molecule has 0 N–H and O–H groups in total. The number of imide groups is 1. The molecule has 0 saturated heterocycles. The molecule has 1 saturated carbocycles. The van der Waals surface area contributed by atoms with Crippen LogP contribution < -0.4 is 0 Å². The molecule has 2 aromatic heterocycles. The van der Waals surface area contributed by atoms with E-state index >= 15 is 0 Å². The van der Waals surface area contributed by atoms with Crippen molar-refractivity contribution in [2.75, 3.05) is 0 Å². The summed E-state index contributed by atoms with van der Waals surface area (Å²) >= 11 is 2.18. The number of fused-ring (bicyclic) bond motifs is 2. The molecular weight excluding hydrogens is 458 g/mol. The molecule has 33 heavy (non-hydrogen) atoms. The number of hydrogen-bond donors (Lipinski definition) is 0. The number of carbonyl (C=O) groups excluding carboxylic acids is 2. The number of carbonyl (C=O) groups is 2. The largest absolute Gasteiger partial charge is 0.431 e. The summed E-state index contributed by atoms with van der Waals surface area (Å²) in [7, 11) is 0. The van der Waals surface area contributed by atoms with Gasteiger partial charge in [0.05, 0.1) is 0 Å². The lowest BCUT2D eigenvalue weighted by atomic mass is 9.94. The molecule has 0 spiro atoms. The van der Waals surface area contributed by atoms with E-state index in [0.717, 1.165) is 55.6 Å². The number of benzene rings is 2. The van der Waals surface area contributed by atoms with Crippen LogP contribution in [0.2, 0.25) is 0 Å². The second-order valence-corrected chi connectivity index (χ2v) is 9.95. The van der Waals surface area contributed by atoms with Crippen molar-refractivity contribution >= 4 is 57.5 Å². The average molecular weight is 478 g/mol. The molecule has 9 heteroatoms. The van der Waals surface area contributed by atoms with Crippen molar-refractivity contribution in [3.63, 3.8) is 0 Å². The Kier molecular flexibility index (Phi) is 5.22. The summed E-state index contributed by atoms with van der Waals surface area (Å²) < 4.78 is 11.7. The van der Waals surface area contributed by atoms with Crippen LogP contribution in [0.3, 0.4) is 0 Å². The Labute approximate surface area is 197 Å². The first-order valence-corrected chi connectivity index (χ1v) is 12.5. The van der Waals surface area contributed by atoms with E-state index in [9.17, 15) is 9.59 Å². The van der Waals surface area contributed by atoms with Crippen LogP contribution in [0.5, 0.6) is 0 Å². The third kappa shape index (κ3) is 3.75. The minimum Gasteiger partial charge on any atom is -0.431 e. The standard InChI is InChI=1S/C24H19N3O4S2/c28-21-19(32-23-25-15-10-4-6-12-17(15)30-23)20(22(29)27(21)14-8-2-1-3-9-14)33-24-26-16-11-5-7-13-18(16)31-24/h4-7,10-14H,1-3,8-9H2. The fraction of sp³-hybridized carbons (Fsp3) is 0.250. The van der Waals surface area contributed by atoms with Crippen molar-refractivity contribution in [3.8, 4) is 0 Å². The highest BCUT2D eigenvalue weighted by atomic mass is 32.2. The van der Waals surface area contributed by atoms with E-state index in [1.165, 1.54) is 4.90 Å². The fourth-order valence-electron chi connectivity index (χ4n) is 4.32. The van der Waals surface area contributed by atoms with E-state index in [1.54, 1.807) is 0 Å². The summed E-state index contributed by atoms with van der Waals surface area (Å²) in [5.74, 6) is -0.587. The van der Waals surface area contributed by atoms with E-state index in [4.69, 9.17) is 8.83 Å². The Morgan fingerprint density at radius 2 is 1.21 bits per heavy atom. The van der Waals surface area contributed by atoms with E-state index in [0.29, 0.717) is 42.5 Å². The van der Waals surface area contributed by atoms with Crippen LogP contribution in [-0.2, 0) is 9.59 Å². The van der Waals surface area contributed by atoms with Gasteiger partial charge in [0, 0.05) is 6.04 Å². The highest BCUT2D eigenvalue weighted by Gasteiger charge is 2.44. The zero-order valence-electron chi connectivity index (χ0n) is 17.5. The fourth-order valence-corrected chi connectivity index (χ4v) is 6.20. The molecule has 4 aromatic rings. The third-order valence-corrected chi connectivity index (χ3v) is 7.89. The molecule has 2 aromatic carbocycles. The molecule has 1 fully saturated rings. The van der Waals surface area contributed by atoms with Crippen molar-refractivity contribution < 1.29 is 18.4 Å². The van der Waals surface area contributed by atoms with Gasteiger partial charge < -0.3 is 8.83 Å². The Morgan fingerprint density at radius 3 is 1.70 bits per heavy atom. The lowest BCUT2D eigenvalue weighted by Gasteiger charge is -2.29. The number of amides is 2. The summed E-state index contributed by atoms with van der Waals surface area (Å²) in [4.78, 5) is 38.0. The first-order chi connectivity index (χ1) is 16.2. The number of aromatic nitrogens is 2. The van der Waals surface area contributed by atoms with Gasteiger partial charge in [-0.3, -0.25) is 14.5 Å². The van der Waals surface area contributed by atoms with E-state index in [1.807, 2.05) is 48.5 Å². The van der Waals surface area contributed by atoms with Crippen LogP contribution in [0.25, 0.3) is 22.2 Å². The van der Waals surface area contributed by atoms with Crippen molar-refractivity contribution in [2.24, 2.45) is 0 Å². The van der Waals surface area contributed by atoms with Gasteiger partial charge in [-0.25, -0.2) is 9.97 Å². The monoisotopic (exact) mass is 477 g/mol. The highest BCUT2D eigenvalue weighted by molar-refractivity contribution is 8.07. The minimum absolute atomic E-state index is 0.0836. The molecule has 2 amide bonds.